The van der Waals surface area contributed by atoms with Crippen molar-refractivity contribution >= 4 is 17.2 Å². The molecule has 0 aliphatic rings. The molecular formula is C23H26N2OS. The predicted molar refractivity (Wildman–Crippen MR) is 113 cm³/mol. The highest BCUT2D eigenvalue weighted by Gasteiger charge is 2.17. The van der Waals surface area contributed by atoms with Gasteiger partial charge in [-0.1, -0.05) is 67.6 Å². The van der Waals surface area contributed by atoms with Crippen LogP contribution in [-0.2, 0) is 11.2 Å². The molecule has 0 unspecified atom stereocenters. The van der Waals surface area contributed by atoms with E-state index in [-0.39, 0.29) is 24.5 Å². The fourth-order valence-corrected chi connectivity index (χ4v) is 3.92. The Morgan fingerprint density at radius 3 is 2.33 bits per heavy atom. The number of benzene rings is 2. The predicted octanol–water partition coefficient (Wildman–Crippen LogP) is 4.87. The van der Waals surface area contributed by atoms with Gasteiger partial charge in [0.25, 0.3) is 0 Å². The maximum Gasteiger partial charge on any atom is 0.234 e. The van der Waals surface area contributed by atoms with Gasteiger partial charge in [-0.2, -0.15) is 0 Å². The third kappa shape index (κ3) is 5.28. The van der Waals surface area contributed by atoms with Gasteiger partial charge >= 0.3 is 0 Å². The second-order valence-electron chi connectivity index (χ2n) is 6.62. The van der Waals surface area contributed by atoms with Crippen LogP contribution in [0.5, 0.6) is 0 Å². The molecule has 0 saturated carbocycles. The molecule has 2 atom stereocenters. The van der Waals surface area contributed by atoms with Gasteiger partial charge in [0.15, 0.2) is 0 Å². The summed E-state index contributed by atoms with van der Waals surface area (Å²) >= 11 is 1.70. The third-order valence-corrected chi connectivity index (χ3v) is 5.63. The first kappa shape index (κ1) is 19.3. The smallest absolute Gasteiger partial charge is 0.234 e. The molecule has 0 aliphatic heterocycles. The number of rotatable bonds is 8. The molecule has 4 heteroatoms. The van der Waals surface area contributed by atoms with Crippen molar-refractivity contribution in [2.75, 3.05) is 6.54 Å². The summed E-state index contributed by atoms with van der Waals surface area (Å²) in [4.78, 5) is 13.7. The van der Waals surface area contributed by atoms with Crippen LogP contribution in [0.4, 0.5) is 0 Å². The molecule has 27 heavy (non-hydrogen) atoms. The molecule has 140 valence electrons. The van der Waals surface area contributed by atoms with Crippen LogP contribution in [0.1, 0.15) is 47.5 Å². The quantitative estimate of drug-likeness (QED) is 0.587. The van der Waals surface area contributed by atoms with Crippen molar-refractivity contribution < 1.29 is 4.79 Å². The largest absolute Gasteiger partial charge is 0.348 e. The zero-order valence-corrected chi connectivity index (χ0v) is 16.6. The van der Waals surface area contributed by atoms with Crippen molar-refractivity contribution in [3.63, 3.8) is 0 Å². The summed E-state index contributed by atoms with van der Waals surface area (Å²) in [7, 11) is 0. The molecule has 1 aromatic heterocycles. The molecule has 0 fully saturated rings. The van der Waals surface area contributed by atoms with E-state index >= 15 is 0 Å². The highest BCUT2D eigenvalue weighted by atomic mass is 32.1. The monoisotopic (exact) mass is 378 g/mol. The minimum Gasteiger partial charge on any atom is -0.348 e. The van der Waals surface area contributed by atoms with E-state index in [1.807, 2.05) is 31.2 Å². The van der Waals surface area contributed by atoms with Crippen molar-refractivity contribution in [3.8, 4) is 0 Å². The van der Waals surface area contributed by atoms with Crippen LogP contribution in [0.25, 0.3) is 0 Å². The molecule has 1 heterocycles. The maximum absolute atomic E-state index is 12.5. The molecule has 0 saturated heterocycles. The Morgan fingerprint density at radius 1 is 0.963 bits per heavy atom. The Bertz CT molecular complexity index is 829. The summed E-state index contributed by atoms with van der Waals surface area (Å²) in [5.41, 5.74) is 3.59. The van der Waals surface area contributed by atoms with Gasteiger partial charge < -0.3 is 5.32 Å². The van der Waals surface area contributed by atoms with E-state index in [0.717, 1.165) is 17.5 Å². The molecule has 3 aromatic rings. The molecule has 0 bridgehead atoms. The second-order valence-corrected chi connectivity index (χ2v) is 7.60. The first-order chi connectivity index (χ1) is 13.2. The van der Waals surface area contributed by atoms with Crippen LogP contribution in [0.15, 0.2) is 72.1 Å². The van der Waals surface area contributed by atoms with Crippen molar-refractivity contribution in [1.82, 2.24) is 10.6 Å². The summed E-state index contributed by atoms with van der Waals surface area (Å²) in [5.74, 6) is -0.000412. The van der Waals surface area contributed by atoms with Crippen LogP contribution in [-0.4, -0.2) is 12.5 Å². The molecular weight excluding hydrogens is 352 g/mol. The lowest BCUT2D eigenvalue weighted by molar-refractivity contribution is -0.121. The number of hydrogen-bond donors (Lipinski definition) is 2. The highest BCUT2D eigenvalue weighted by Crippen LogP contribution is 2.25. The Kier molecular flexibility index (Phi) is 6.80. The number of amides is 1. The normalized spacial score (nSPS) is 13.1. The molecule has 0 aliphatic carbocycles. The Hall–Kier alpha value is -2.43. The highest BCUT2D eigenvalue weighted by molar-refractivity contribution is 7.10. The minimum atomic E-state index is -0.0119. The average molecular weight is 379 g/mol. The maximum atomic E-state index is 12.5. The lowest BCUT2D eigenvalue weighted by Gasteiger charge is -2.19. The van der Waals surface area contributed by atoms with Gasteiger partial charge in [0.05, 0.1) is 18.6 Å². The Morgan fingerprint density at radius 2 is 1.70 bits per heavy atom. The van der Waals surface area contributed by atoms with E-state index in [4.69, 9.17) is 0 Å². The van der Waals surface area contributed by atoms with Gasteiger partial charge in [0, 0.05) is 4.88 Å². The first-order valence-electron chi connectivity index (χ1n) is 9.37. The van der Waals surface area contributed by atoms with Gasteiger partial charge in [-0.05, 0) is 41.5 Å². The minimum absolute atomic E-state index is 0.000412. The molecule has 0 radical (unpaired) electrons. The zero-order valence-electron chi connectivity index (χ0n) is 15.8. The number of carbonyl (C=O) groups excluding carboxylic acids is 1. The summed E-state index contributed by atoms with van der Waals surface area (Å²) in [5, 5.41) is 8.56. The van der Waals surface area contributed by atoms with Gasteiger partial charge in [0.2, 0.25) is 5.91 Å². The van der Waals surface area contributed by atoms with Crippen LogP contribution >= 0.6 is 11.3 Å². The lowest BCUT2D eigenvalue weighted by Crippen LogP contribution is -2.37. The molecule has 0 spiro atoms. The van der Waals surface area contributed by atoms with E-state index in [2.05, 4.69) is 65.4 Å². The van der Waals surface area contributed by atoms with E-state index in [1.54, 1.807) is 11.3 Å². The van der Waals surface area contributed by atoms with E-state index < -0.39 is 0 Å². The summed E-state index contributed by atoms with van der Waals surface area (Å²) < 4.78 is 0. The number of hydrogen-bond acceptors (Lipinski definition) is 3. The number of thiophene rings is 1. The van der Waals surface area contributed by atoms with Gasteiger partial charge in [-0.15, -0.1) is 11.3 Å². The van der Waals surface area contributed by atoms with E-state index in [1.165, 1.54) is 10.4 Å². The standard InChI is InChI=1S/C23H26N2OS/c1-3-18-11-13-19(14-12-18)17(2)25-22(26)16-24-23(21-10-7-15-27-21)20-8-5-4-6-9-20/h4-15,17,23-24H,3,16H2,1-2H3,(H,25,26)/t17-,23-/m1/s1. The first-order valence-corrected chi connectivity index (χ1v) is 10.2. The van der Waals surface area contributed by atoms with Crippen LogP contribution in [0, 0.1) is 0 Å². The van der Waals surface area contributed by atoms with Gasteiger partial charge in [-0.3, -0.25) is 10.1 Å². The number of carbonyl (C=O) groups is 1. The SMILES string of the molecule is CCc1ccc([C@@H](C)NC(=O)CN[C@H](c2ccccc2)c2cccs2)cc1. The van der Waals surface area contributed by atoms with Gasteiger partial charge in [-0.25, -0.2) is 0 Å². The average Bonchev–Trinajstić information content (AvgIpc) is 3.23. The Labute approximate surface area is 165 Å². The zero-order chi connectivity index (χ0) is 19.1. The summed E-state index contributed by atoms with van der Waals surface area (Å²) in [6.07, 6.45) is 1.02. The molecule has 2 N–H and O–H groups in total. The molecule has 2 aromatic carbocycles. The number of nitrogens with one attached hydrogen (secondary N) is 2. The van der Waals surface area contributed by atoms with Crippen molar-refractivity contribution in [1.29, 1.82) is 0 Å². The second kappa shape index (κ2) is 9.49. The number of aryl methyl sites for hydroxylation is 1. The van der Waals surface area contributed by atoms with Crippen LogP contribution < -0.4 is 10.6 Å². The van der Waals surface area contributed by atoms with Crippen molar-refractivity contribution in [2.24, 2.45) is 0 Å². The van der Waals surface area contributed by atoms with Crippen molar-refractivity contribution in [2.45, 2.75) is 32.4 Å². The van der Waals surface area contributed by atoms with E-state index in [9.17, 15) is 4.79 Å². The summed E-state index contributed by atoms with van der Waals surface area (Å²) in [6, 6.07) is 22.8. The fourth-order valence-electron chi connectivity index (χ4n) is 3.10. The van der Waals surface area contributed by atoms with E-state index in [0.29, 0.717) is 0 Å². The molecule has 3 rings (SSSR count). The third-order valence-electron chi connectivity index (χ3n) is 4.69. The van der Waals surface area contributed by atoms with Crippen molar-refractivity contribution in [3.05, 3.63) is 93.7 Å². The Balaban J connectivity index is 1.60. The fraction of sp³-hybridized carbons (Fsp3) is 0.261. The summed E-state index contributed by atoms with van der Waals surface area (Å²) in [6.45, 7) is 4.43. The molecule has 3 nitrogen and oxygen atoms in total. The topological polar surface area (TPSA) is 41.1 Å². The van der Waals surface area contributed by atoms with Crippen LogP contribution in [0.2, 0.25) is 0 Å². The van der Waals surface area contributed by atoms with Crippen LogP contribution in [0.3, 0.4) is 0 Å². The lowest BCUT2D eigenvalue weighted by atomic mass is 10.0. The van der Waals surface area contributed by atoms with Gasteiger partial charge in [0.1, 0.15) is 0 Å². The molecule has 1 amide bonds.